The third-order valence-corrected chi connectivity index (χ3v) is 9.09. The second kappa shape index (κ2) is 7.86. The Morgan fingerprint density at radius 2 is 2.10 bits per heavy atom. The zero-order chi connectivity index (χ0) is 20.8. The molecule has 0 radical (unpaired) electrons. The zero-order valence-corrected chi connectivity index (χ0v) is 19.1. The summed E-state index contributed by atoms with van der Waals surface area (Å²) in [6.07, 6.45) is 3.32. The van der Waals surface area contributed by atoms with Crippen molar-refractivity contribution in [3.8, 4) is 0 Å². The Morgan fingerprint density at radius 1 is 1.31 bits per heavy atom. The van der Waals surface area contributed by atoms with Crippen molar-refractivity contribution >= 4 is 49.2 Å². The highest BCUT2D eigenvalue weighted by atomic mass is 32.2. The molecule has 29 heavy (non-hydrogen) atoms. The van der Waals surface area contributed by atoms with Crippen LogP contribution < -0.4 is 5.73 Å². The monoisotopic (exact) mass is 448 g/mol. The Bertz CT molecular complexity index is 1170. The van der Waals surface area contributed by atoms with E-state index in [-0.39, 0.29) is 4.90 Å². The molecule has 1 aromatic carbocycles. The Kier molecular flexibility index (Phi) is 5.58. The van der Waals surface area contributed by atoms with Crippen LogP contribution in [0, 0.1) is 5.92 Å². The van der Waals surface area contributed by atoms with Crippen LogP contribution in [0.15, 0.2) is 34.3 Å². The highest BCUT2D eigenvalue weighted by molar-refractivity contribution is 7.98. The molecule has 1 atom stereocenters. The predicted molar refractivity (Wildman–Crippen MR) is 120 cm³/mol. The van der Waals surface area contributed by atoms with Crippen LogP contribution >= 0.6 is 23.1 Å². The fourth-order valence-corrected chi connectivity index (χ4v) is 6.78. The molecule has 0 saturated carbocycles. The number of hydrogen-bond donors (Lipinski definition) is 1. The summed E-state index contributed by atoms with van der Waals surface area (Å²) >= 11 is 3.21. The van der Waals surface area contributed by atoms with Crippen LogP contribution in [0.3, 0.4) is 0 Å². The summed E-state index contributed by atoms with van der Waals surface area (Å²) in [6, 6.07) is 6.99. The van der Waals surface area contributed by atoms with Gasteiger partial charge in [0.2, 0.25) is 10.0 Å². The lowest BCUT2D eigenvalue weighted by molar-refractivity contribution is 0.509. The number of nitrogen functional groups attached to an aromatic ring is 1. The van der Waals surface area contributed by atoms with E-state index in [1.807, 2.05) is 6.07 Å². The lowest BCUT2D eigenvalue weighted by atomic mass is 9.89. The van der Waals surface area contributed by atoms with E-state index in [2.05, 4.69) is 11.9 Å². The normalized spacial score (nSPS) is 17.0. The SMILES string of the molecule is CC1CCc2c(sc3nc(SCc4cccc(S(=O)(=O)N(C)C)c4)nc(N)c23)C1. The van der Waals surface area contributed by atoms with E-state index < -0.39 is 10.0 Å². The van der Waals surface area contributed by atoms with E-state index in [0.717, 1.165) is 28.6 Å². The van der Waals surface area contributed by atoms with Crippen LogP contribution in [0.1, 0.15) is 29.3 Å². The smallest absolute Gasteiger partial charge is 0.242 e. The van der Waals surface area contributed by atoms with Crippen molar-refractivity contribution in [3.63, 3.8) is 0 Å². The molecule has 0 amide bonds. The van der Waals surface area contributed by atoms with Gasteiger partial charge >= 0.3 is 0 Å². The van der Waals surface area contributed by atoms with Crippen LogP contribution in [-0.2, 0) is 28.6 Å². The molecule has 0 bridgehead atoms. The standard InChI is InChI=1S/C20H24N4O2S3/c1-12-7-8-15-16(9-12)28-19-17(15)18(21)22-20(23-19)27-11-13-5-4-6-14(10-13)29(25,26)24(2)3/h4-6,10,12H,7-9,11H2,1-3H3,(H2,21,22,23). The van der Waals surface area contributed by atoms with Gasteiger partial charge in [-0.25, -0.2) is 22.7 Å². The van der Waals surface area contributed by atoms with Crippen molar-refractivity contribution in [3.05, 3.63) is 40.3 Å². The quantitative estimate of drug-likeness (QED) is 0.470. The Labute approximate surface area is 179 Å². The molecule has 2 aromatic heterocycles. The summed E-state index contributed by atoms with van der Waals surface area (Å²) in [5, 5.41) is 1.66. The van der Waals surface area contributed by atoms with Gasteiger partial charge in [0.1, 0.15) is 10.6 Å². The molecule has 3 aromatic rings. The van der Waals surface area contributed by atoms with Crippen molar-refractivity contribution in [2.75, 3.05) is 19.8 Å². The summed E-state index contributed by atoms with van der Waals surface area (Å²) in [5.41, 5.74) is 8.54. The number of aryl methyl sites for hydroxylation is 1. The van der Waals surface area contributed by atoms with Crippen molar-refractivity contribution in [1.82, 2.24) is 14.3 Å². The molecule has 0 spiro atoms. The second-order valence-electron chi connectivity index (χ2n) is 7.65. The van der Waals surface area contributed by atoms with Crippen LogP contribution in [0.25, 0.3) is 10.2 Å². The van der Waals surface area contributed by atoms with Crippen molar-refractivity contribution in [1.29, 1.82) is 0 Å². The number of benzene rings is 1. The molecule has 6 nitrogen and oxygen atoms in total. The van der Waals surface area contributed by atoms with Gasteiger partial charge in [0, 0.05) is 24.7 Å². The largest absolute Gasteiger partial charge is 0.383 e. The highest BCUT2D eigenvalue weighted by Gasteiger charge is 2.23. The van der Waals surface area contributed by atoms with E-state index in [1.165, 1.54) is 47.0 Å². The third kappa shape index (κ3) is 4.01. The van der Waals surface area contributed by atoms with Crippen molar-refractivity contribution in [2.45, 2.75) is 42.0 Å². The van der Waals surface area contributed by atoms with Gasteiger partial charge < -0.3 is 5.73 Å². The van der Waals surface area contributed by atoms with Crippen LogP contribution in [-0.4, -0.2) is 36.8 Å². The van der Waals surface area contributed by atoms with E-state index in [9.17, 15) is 8.42 Å². The average Bonchev–Trinajstić information content (AvgIpc) is 3.04. The Hall–Kier alpha value is -1.68. The van der Waals surface area contributed by atoms with Gasteiger partial charge in [0.05, 0.1) is 10.3 Å². The van der Waals surface area contributed by atoms with Gasteiger partial charge in [-0.05, 0) is 48.4 Å². The lowest BCUT2D eigenvalue weighted by Crippen LogP contribution is -2.22. The third-order valence-electron chi connectivity index (χ3n) is 5.21. The number of aromatic nitrogens is 2. The number of rotatable bonds is 5. The van der Waals surface area contributed by atoms with Crippen LogP contribution in [0.5, 0.6) is 0 Å². The number of thioether (sulfide) groups is 1. The molecule has 9 heteroatoms. The van der Waals surface area contributed by atoms with E-state index in [0.29, 0.717) is 22.6 Å². The number of fused-ring (bicyclic) bond motifs is 3. The highest BCUT2D eigenvalue weighted by Crippen LogP contribution is 2.40. The number of nitrogens with two attached hydrogens (primary N) is 1. The van der Waals surface area contributed by atoms with E-state index in [4.69, 9.17) is 10.7 Å². The minimum Gasteiger partial charge on any atom is -0.383 e. The topological polar surface area (TPSA) is 89.2 Å². The molecule has 2 heterocycles. The first-order valence-electron chi connectivity index (χ1n) is 9.47. The summed E-state index contributed by atoms with van der Waals surface area (Å²) in [4.78, 5) is 11.9. The van der Waals surface area contributed by atoms with Gasteiger partial charge in [0.25, 0.3) is 0 Å². The molecule has 1 aliphatic rings. The molecular formula is C20H24N4O2S3. The maximum atomic E-state index is 12.3. The number of hydrogen-bond acceptors (Lipinski definition) is 7. The molecule has 0 aliphatic heterocycles. The number of thiophene rings is 1. The van der Waals surface area contributed by atoms with Crippen molar-refractivity contribution in [2.24, 2.45) is 5.92 Å². The van der Waals surface area contributed by atoms with Gasteiger partial charge in [-0.15, -0.1) is 11.3 Å². The van der Waals surface area contributed by atoms with E-state index in [1.54, 1.807) is 29.5 Å². The van der Waals surface area contributed by atoms with Crippen LogP contribution in [0.4, 0.5) is 5.82 Å². The van der Waals surface area contributed by atoms with Gasteiger partial charge in [-0.1, -0.05) is 30.8 Å². The number of anilines is 1. The van der Waals surface area contributed by atoms with Gasteiger partial charge in [0.15, 0.2) is 5.16 Å². The van der Waals surface area contributed by atoms with Crippen LogP contribution in [0.2, 0.25) is 0 Å². The maximum absolute atomic E-state index is 12.3. The minimum absolute atomic E-state index is 0.288. The Morgan fingerprint density at radius 3 is 2.86 bits per heavy atom. The van der Waals surface area contributed by atoms with E-state index >= 15 is 0 Å². The molecule has 2 N–H and O–H groups in total. The Balaban J connectivity index is 1.58. The number of nitrogens with zero attached hydrogens (tertiary/aromatic N) is 3. The molecule has 154 valence electrons. The fraction of sp³-hybridized carbons (Fsp3) is 0.400. The lowest BCUT2D eigenvalue weighted by Gasteiger charge is -2.17. The molecule has 0 saturated heterocycles. The van der Waals surface area contributed by atoms with Crippen molar-refractivity contribution < 1.29 is 8.42 Å². The predicted octanol–water partition coefficient (Wildman–Crippen LogP) is 3.94. The maximum Gasteiger partial charge on any atom is 0.242 e. The number of sulfonamides is 1. The first-order valence-corrected chi connectivity index (χ1v) is 12.7. The summed E-state index contributed by atoms with van der Waals surface area (Å²) in [5.74, 6) is 1.82. The fourth-order valence-electron chi connectivity index (χ4n) is 3.57. The average molecular weight is 449 g/mol. The second-order valence-corrected chi connectivity index (χ2v) is 11.8. The molecule has 0 fully saturated rings. The summed E-state index contributed by atoms with van der Waals surface area (Å²) < 4.78 is 25.9. The summed E-state index contributed by atoms with van der Waals surface area (Å²) in [7, 11) is -0.386. The zero-order valence-electron chi connectivity index (χ0n) is 16.7. The van der Waals surface area contributed by atoms with Gasteiger partial charge in [-0.2, -0.15) is 0 Å². The summed E-state index contributed by atoms with van der Waals surface area (Å²) in [6.45, 7) is 2.29. The first-order chi connectivity index (χ1) is 13.8. The first kappa shape index (κ1) is 20.6. The van der Waals surface area contributed by atoms with Gasteiger partial charge in [-0.3, -0.25) is 0 Å². The molecule has 1 aliphatic carbocycles. The molecule has 1 unspecified atom stereocenters. The molecule has 4 rings (SSSR count). The molecular weight excluding hydrogens is 424 g/mol. The minimum atomic E-state index is -3.45.